The molecule has 0 heterocycles. The topological polar surface area (TPSA) is 20.2 Å². The van der Waals surface area contributed by atoms with Crippen molar-refractivity contribution in [1.82, 2.24) is 0 Å². The number of alkyl halides is 2. The van der Waals surface area contributed by atoms with Crippen LogP contribution in [0, 0.1) is 5.92 Å². The van der Waals surface area contributed by atoms with Crippen LogP contribution in [0.1, 0.15) is 47.4 Å². The van der Waals surface area contributed by atoms with Gasteiger partial charge in [-0.3, -0.25) is 0 Å². The molecule has 1 N–H and O–H groups in total. The van der Waals surface area contributed by atoms with Gasteiger partial charge in [-0.05, 0) is 46.2 Å². The molecule has 0 bridgehead atoms. The highest BCUT2D eigenvalue weighted by Gasteiger charge is 2.43. The van der Waals surface area contributed by atoms with Gasteiger partial charge >= 0.3 is 0 Å². The Kier molecular flexibility index (Phi) is 4.73. The van der Waals surface area contributed by atoms with Crippen molar-refractivity contribution in [3.63, 3.8) is 0 Å². The fraction of sp³-hybridized carbons (Fsp3) is 0.304. The van der Waals surface area contributed by atoms with Crippen molar-refractivity contribution in [1.29, 1.82) is 0 Å². The summed E-state index contributed by atoms with van der Waals surface area (Å²) in [7, 11) is 0. The molecule has 2 aromatic rings. The standard InChI is InChI=1S/C23H22Cl2O/c1-15(19-13-16-7-2-4-9-18(16)22(19)24)21-14-17-8-3-5-10-20(17)23(21,25)11-6-12-26/h2-5,7-10,13-15,22,26H,6,11-12H2,1H3. The van der Waals surface area contributed by atoms with Crippen LogP contribution >= 0.6 is 23.2 Å². The third-order valence-electron chi connectivity index (χ3n) is 5.69. The van der Waals surface area contributed by atoms with Crippen molar-refractivity contribution in [2.75, 3.05) is 6.61 Å². The first-order valence-electron chi connectivity index (χ1n) is 9.12. The smallest absolute Gasteiger partial charge is 0.0919 e. The van der Waals surface area contributed by atoms with E-state index in [9.17, 15) is 5.11 Å². The summed E-state index contributed by atoms with van der Waals surface area (Å²) in [5.74, 6) is 0.133. The van der Waals surface area contributed by atoms with Gasteiger partial charge < -0.3 is 5.11 Å². The molecule has 3 atom stereocenters. The second-order valence-corrected chi connectivity index (χ2v) is 8.25. The van der Waals surface area contributed by atoms with Gasteiger partial charge in [-0.1, -0.05) is 67.6 Å². The quantitative estimate of drug-likeness (QED) is 0.599. The highest BCUT2D eigenvalue weighted by molar-refractivity contribution is 6.28. The lowest BCUT2D eigenvalue weighted by atomic mass is 9.80. The second kappa shape index (κ2) is 6.88. The van der Waals surface area contributed by atoms with Crippen molar-refractivity contribution in [2.24, 2.45) is 5.92 Å². The highest BCUT2D eigenvalue weighted by Crippen LogP contribution is 2.55. The Hall–Kier alpha value is -1.54. The summed E-state index contributed by atoms with van der Waals surface area (Å²) in [6.07, 6.45) is 5.82. The Balaban J connectivity index is 1.73. The summed E-state index contributed by atoms with van der Waals surface area (Å²) in [5.41, 5.74) is 7.05. The Labute approximate surface area is 165 Å². The van der Waals surface area contributed by atoms with Crippen LogP contribution in [-0.4, -0.2) is 11.7 Å². The summed E-state index contributed by atoms with van der Waals surface area (Å²) in [6.45, 7) is 2.34. The molecule has 0 fully saturated rings. The number of benzene rings is 2. The summed E-state index contributed by atoms with van der Waals surface area (Å²) in [5, 5.41) is 9.25. The zero-order valence-electron chi connectivity index (χ0n) is 14.8. The van der Waals surface area contributed by atoms with E-state index in [-0.39, 0.29) is 17.9 Å². The molecule has 0 saturated carbocycles. The van der Waals surface area contributed by atoms with Crippen molar-refractivity contribution >= 4 is 35.4 Å². The van der Waals surface area contributed by atoms with Gasteiger partial charge in [0.15, 0.2) is 0 Å². The number of aliphatic hydroxyl groups is 1. The molecule has 4 rings (SSSR count). The minimum absolute atomic E-state index is 0.121. The van der Waals surface area contributed by atoms with Crippen molar-refractivity contribution in [2.45, 2.75) is 30.0 Å². The molecule has 2 aromatic carbocycles. The van der Waals surface area contributed by atoms with Crippen LogP contribution in [0.15, 0.2) is 59.7 Å². The van der Waals surface area contributed by atoms with Crippen LogP contribution in [-0.2, 0) is 4.87 Å². The van der Waals surface area contributed by atoms with Gasteiger partial charge in [0.2, 0.25) is 0 Å². The lowest BCUT2D eigenvalue weighted by molar-refractivity contribution is 0.278. The summed E-state index contributed by atoms with van der Waals surface area (Å²) in [6, 6.07) is 16.6. The van der Waals surface area contributed by atoms with E-state index in [1.54, 1.807) is 0 Å². The maximum absolute atomic E-state index is 9.38. The largest absolute Gasteiger partial charge is 0.396 e. The van der Waals surface area contributed by atoms with Crippen molar-refractivity contribution in [3.8, 4) is 0 Å². The minimum atomic E-state index is -0.578. The Bertz CT molecular complexity index is 899. The van der Waals surface area contributed by atoms with Gasteiger partial charge in [-0.2, -0.15) is 0 Å². The molecule has 0 radical (unpaired) electrons. The number of rotatable bonds is 5. The molecule has 3 heteroatoms. The lowest BCUT2D eigenvalue weighted by Crippen LogP contribution is -2.24. The fourth-order valence-corrected chi connectivity index (χ4v) is 5.30. The first-order valence-corrected chi connectivity index (χ1v) is 9.93. The Morgan fingerprint density at radius 1 is 1.04 bits per heavy atom. The summed E-state index contributed by atoms with van der Waals surface area (Å²) in [4.78, 5) is -0.578. The zero-order valence-corrected chi connectivity index (χ0v) is 16.3. The van der Waals surface area contributed by atoms with E-state index in [4.69, 9.17) is 23.2 Å². The van der Waals surface area contributed by atoms with E-state index < -0.39 is 4.87 Å². The lowest BCUT2D eigenvalue weighted by Gasteiger charge is -2.32. The number of hydrogen-bond acceptors (Lipinski definition) is 1. The molecular formula is C23H22Cl2O. The van der Waals surface area contributed by atoms with Gasteiger partial charge in [0, 0.05) is 12.5 Å². The predicted molar refractivity (Wildman–Crippen MR) is 110 cm³/mol. The van der Waals surface area contributed by atoms with Crippen LogP contribution in [0.5, 0.6) is 0 Å². The van der Waals surface area contributed by atoms with Gasteiger partial charge in [0.25, 0.3) is 0 Å². The molecule has 1 nitrogen and oxygen atoms in total. The number of allylic oxidation sites excluding steroid dienone is 2. The summed E-state index contributed by atoms with van der Waals surface area (Å²) < 4.78 is 0. The number of fused-ring (bicyclic) bond motifs is 2. The van der Waals surface area contributed by atoms with E-state index in [0.717, 1.165) is 5.56 Å². The average molecular weight is 385 g/mol. The van der Waals surface area contributed by atoms with Crippen LogP contribution < -0.4 is 0 Å². The van der Waals surface area contributed by atoms with Crippen LogP contribution in [0.2, 0.25) is 0 Å². The van der Waals surface area contributed by atoms with E-state index >= 15 is 0 Å². The maximum Gasteiger partial charge on any atom is 0.0919 e. The monoisotopic (exact) mass is 384 g/mol. The summed E-state index contributed by atoms with van der Waals surface area (Å²) >= 11 is 14.0. The van der Waals surface area contributed by atoms with Crippen molar-refractivity contribution in [3.05, 3.63) is 81.9 Å². The van der Waals surface area contributed by atoms with Crippen LogP contribution in [0.4, 0.5) is 0 Å². The SMILES string of the molecule is CC(C1=Cc2ccccc2C1Cl)C1=Cc2ccccc2C1(Cl)CCCO. The van der Waals surface area contributed by atoms with Gasteiger partial charge in [0.1, 0.15) is 0 Å². The molecule has 0 aliphatic heterocycles. The minimum Gasteiger partial charge on any atom is -0.396 e. The molecule has 2 aliphatic rings. The number of hydrogen-bond donors (Lipinski definition) is 1. The molecular weight excluding hydrogens is 363 g/mol. The van der Waals surface area contributed by atoms with Gasteiger partial charge in [-0.25, -0.2) is 0 Å². The predicted octanol–water partition coefficient (Wildman–Crippen LogP) is 6.30. The number of halogens is 2. The normalized spacial score (nSPS) is 24.7. The van der Waals surface area contributed by atoms with Crippen LogP contribution in [0.25, 0.3) is 12.2 Å². The third kappa shape index (κ3) is 2.74. The van der Waals surface area contributed by atoms with Gasteiger partial charge in [0.05, 0.1) is 10.3 Å². The van der Waals surface area contributed by atoms with Crippen molar-refractivity contribution < 1.29 is 5.11 Å². The van der Waals surface area contributed by atoms with E-state index in [0.29, 0.717) is 12.8 Å². The Morgan fingerprint density at radius 2 is 1.73 bits per heavy atom. The molecule has 0 spiro atoms. The highest BCUT2D eigenvalue weighted by atomic mass is 35.5. The molecule has 0 aromatic heterocycles. The zero-order chi connectivity index (χ0) is 18.3. The van der Waals surface area contributed by atoms with E-state index in [1.807, 2.05) is 24.3 Å². The first-order chi connectivity index (χ1) is 12.6. The molecule has 0 amide bonds. The second-order valence-electron chi connectivity index (χ2n) is 7.17. The molecule has 0 saturated heterocycles. The van der Waals surface area contributed by atoms with Gasteiger partial charge in [-0.15, -0.1) is 23.2 Å². The molecule has 2 aliphatic carbocycles. The molecule has 134 valence electrons. The number of aliphatic hydroxyl groups excluding tert-OH is 1. The molecule has 3 unspecified atom stereocenters. The first kappa shape index (κ1) is 17.9. The van der Waals surface area contributed by atoms with E-state index in [1.165, 1.54) is 27.8 Å². The molecule has 26 heavy (non-hydrogen) atoms. The van der Waals surface area contributed by atoms with Crippen LogP contribution in [0.3, 0.4) is 0 Å². The third-order valence-corrected chi connectivity index (χ3v) is 6.78. The maximum atomic E-state index is 9.38. The average Bonchev–Trinajstić information content (AvgIpc) is 3.16. The fourth-order valence-electron chi connectivity index (χ4n) is 4.32. The Morgan fingerprint density at radius 3 is 2.46 bits per heavy atom. The van der Waals surface area contributed by atoms with E-state index in [2.05, 4.69) is 43.3 Å².